The van der Waals surface area contributed by atoms with Crippen molar-refractivity contribution in [3.8, 4) is 17.2 Å². The van der Waals surface area contributed by atoms with Crippen LogP contribution in [0.4, 0.5) is 0 Å². The highest BCUT2D eigenvalue weighted by Gasteiger charge is 2.21. The molecule has 9 rings (SSSR count). The fourth-order valence-electron chi connectivity index (χ4n) is 5.86. The van der Waals surface area contributed by atoms with Gasteiger partial charge < -0.3 is 0 Å². The van der Waals surface area contributed by atoms with Crippen molar-refractivity contribution in [2.45, 2.75) is 0 Å². The van der Waals surface area contributed by atoms with E-state index in [-0.39, 0.29) is 0 Å². The fraction of sp³-hybridized carbons (Fsp3) is 0. The van der Waals surface area contributed by atoms with Gasteiger partial charge in [0.1, 0.15) is 0 Å². The lowest BCUT2D eigenvalue weighted by atomic mass is 10.1. The molecule has 5 aromatic carbocycles. The quantitative estimate of drug-likeness (QED) is 0.221. The fourth-order valence-corrected chi connectivity index (χ4v) is 8.10. The molecule has 0 unspecified atom stereocenters. The second-order valence-electron chi connectivity index (χ2n) is 9.83. The SMILES string of the molecule is c1ccc(-c2nc(-n3c4ccccc4c4cc5c(cc43)sc3ccccc35)c3sc4ccccc4c3n2)cc1. The Morgan fingerprint density at radius 1 is 0.487 bits per heavy atom. The second-order valence-corrected chi connectivity index (χ2v) is 12.0. The summed E-state index contributed by atoms with van der Waals surface area (Å²) in [7, 11) is 0. The number of aromatic nitrogens is 3. The number of nitrogens with zero attached hydrogens (tertiary/aromatic N) is 3. The molecule has 0 atom stereocenters. The first-order valence-electron chi connectivity index (χ1n) is 12.9. The number of para-hydroxylation sites is 1. The van der Waals surface area contributed by atoms with Crippen LogP contribution in [0.25, 0.3) is 79.5 Å². The molecule has 0 radical (unpaired) electrons. The summed E-state index contributed by atoms with van der Waals surface area (Å²) < 4.78 is 7.30. The Morgan fingerprint density at radius 2 is 1.18 bits per heavy atom. The minimum absolute atomic E-state index is 0.746. The van der Waals surface area contributed by atoms with Gasteiger partial charge in [0, 0.05) is 46.6 Å². The van der Waals surface area contributed by atoms with Gasteiger partial charge in [-0.15, -0.1) is 22.7 Å². The van der Waals surface area contributed by atoms with Crippen LogP contribution in [0.15, 0.2) is 115 Å². The van der Waals surface area contributed by atoms with Crippen LogP contribution in [0.1, 0.15) is 0 Å². The van der Waals surface area contributed by atoms with E-state index < -0.39 is 0 Å². The Balaban J connectivity index is 1.47. The van der Waals surface area contributed by atoms with E-state index in [1.807, 2.05) is 29.5 Å². The van der Waals surface area contributed by atoms with E-state index in [9.17, 15) is 0 Å². The van der Waals surface area contributed by atoms with Crippen molar-refractivity contribution in [3.05, 3.63) is 115 Å². The van der Waals surface area contributed by atoms with E-state index in [2.05, 4.69) is 102 Å². The molecule has 39 heavy (non-hydrogen) atoms. The molecule has 0 saturated heterocycles. The molecule has 9 aromatic rings. The van der Waals surface area contributed by atoms with Crippen molar-refractivity contribution in [2.24, 2.45) is 0 Å². The molecule has 5 heteroatoms. The molecule has 0 aliphatic rings. The summed E-state index contributed by atoms with van der Waals surface area (Å²) >= 11 is 3.63. The standard InChI is InChI=1S/C34H19N3S2/c1-2-10-20(11-3-1)33-35-31-23-14-6-9-17-29(23)39-32(31)34(36-33)37-26-15-7-4-12-21(26)24-18-25-22-13-5-8-16-28(22)38-30(25)19-27(24)37/h1-19H. The van der Waals surface area contributed by atoms with Crippen molar-refractivity contribution in [1.82, 2.24) is 14.5 Å². The van der Waals surface area contributed by atoms with Crippen molar-refractivity contribution in [2.75, 3.05) is 0 Å². The molecule has 0 amide bonds. The lowest BCUT2D eigenvalue weighted by molar-refractivity contribution is 1.08. The van der Waals surface area contributed by atoms with Gasteiger partial charge in [-0.3, -0.25) is 4.57 Å². The van der Waals surface area contributed by atoms with Gasteiger partial charge in [0.05, 0.1) is 21.3 Å². The van der Waals surface area contributed by atoms with Crippen LogP contribution in [0.2, 0.25) is 0 Å². The van der Waals surface area contributed by atoms with Crippen molar-refractivity contribution >= 4 is 85.0 Å². The molecule has 4 heterocycles. The van der Waals surface area contributed by atoms with Gasteiger partial charge in [-0.1, -0.05) is 84.9 Å². The average molecular weight is 534 g/mol. The highest BCUT2D eigenvalue weighted by atomic mass is 32.1. The summed E-state index contributed by atoms with van der Waals surface area (Å²) in [5, 5.41) is 6.28. The highest BCUT2D eigenvalue weighted by molar-refractivity contribution is 7.26. The third-order valence-corrected chi connectivity index (χ3v) is 9.91. The summed E-state index contributed by atoms with van der Waals surface area (Å²) in [6, 6.07) is 41.0. The molecule has 3 nitrogen and oxygen atoms in total. The molecule has 4 aromatic heterocycles. The molecular weight excluding hydrogens is 515 g/mol. The summed E-state index contributed by atoms with van der Waals surface area (Å²) in [6.07, 6.45) is 0. The van der Waals surface area contributed by atoms with Crippen LogP contribution in [-0.4, -0.2) is 14.5 Å². The zero-order valence-corrected chi connectivity index (χ0v) is 22.3. The first-order chi connectivity index (χ1) is 19.3. The molecule has 0 spiro atoms. The Morgan fingerprint density at radius 3 is 2.03 bits per heavy atom. The maximum absolute atomic E-state index is 5.30. The second kappa shape index (κ2) is 7.96. The van der Waals surface area contributed by atoms with Gasteiger partial charge in [0.2, 0.25) is 0 Å². The number of fused-ring (bicyclic) bond motifs is 9. The molecule has 0 bridgehead atoms. The molecule has 182 valence electrons. The van der Waals surface area contributed by atoms with Crippen LogP contribution < -0.4 is 0 Å². The van der Waals surface area contributed by atoms with Crippen LogP contribution in [0.3, 0.4) is 0 Å². The van der Waals surface area contributed by atoms with Gasteiger partial charge in [-0.25, -0.2) is 9.97 Å². The predicted molar refractivity (Wildman–Crippen MR) is 168 cm³/mol. The third kappa shape index (κ3) is 3.03. The number of hydrogen-bond acceptors (Lipinski definition) is 4. The van der Waals surface area contributed by atoms with Gasteiger partial charge in [0.15, 0.2) is 11.6 Å². The summed E-state index contributed by atoms with van der Waals surface area (Å²) in [5.41, 5.74) is 4.36. The normalized spacial score (nSPS) is 12.1. The van der Waals surface area contributed by atoms with E-state index in [4.69, 9.17) is 9.97 Å². The molecular formula is C34H19N3S2. The molecule has 0 aliphatic heterocycles. The van der Waals surface area contributed by atoms with E-state index in [1.165, 1.54) is 46.5 Å². The van der Waals surface area contributed by atoms with Gasteiger partial charge in [-0.05, 0) is 30.3 Å². The lowest BCUT2D eigenvalue weighted by Crippen LogP contribution is -2.01. The van der Waals surface area contributed by atoms with Crippen LogP contribution >= 0.6 is 22.7 Å². The number of benzene rings is 5. The number of rotatable bonds is 2. The smallest absolute Gasteiger partial charge is 0.162 e. The molecule has 0 aliphatic carbocycles. The molecule has 0 saturated carbocycles. The third-order valence-electron chi connectivity index (χ3n) is 7.62. The predicted octanol–water partition coefficient (Wildman–Crippen LogP) is 9.98. The van der Waals surface area contributed by atoms with E-state index in [0.717, 1.165) is 32.9 Å². The minimum atomic E-state index is 0.746. The Bertz CT molecular complexity index is 2390. The molecule has 0 N–H and O–H groups in total. The zero-order valence-electron chi connectivity index (χ0n) is 20.6. The van der Waals surface area contributed by atoms with Gasteiger partial charge in [-0.2, -0.15) is 0 Å². The zero-order chi connectivity index (χ0) is 25.5. The maximum atomic E-state index is 5.30. The monoisotopic (exact) mass is 533 g/mol. The average Bonchev–Trinajstić information content (AvgIpc) is 3.65. The van der Waals surface area contributed by atoms with Crippen LogP contribution in [0, 0.1) is 0 Å². The van der Waals surface area contributed by atoms with E-state index in [0.29, 0.717) is 0 Å². The topological polar surface area (TPSA) is 30.7 Å². The van der Waals surface area contributed by atoms with Crippen molar-refractivity contribution in [1.29, 1.82) is 0 Å². The summed E-state index contributed by atoms with van der Waals surface area (Å²) in [5.74, 6) is 1.68. The largest absolute Gasteiger partial charge is 0.292 e. The van der Waals surface area contributed by atoms with Crippen molar-refractivity contribution in [3.63, 3.8) is 0 Å². The summed E-state index contributed by atoms with van der Waals surface area (Å²) in [6.45, 7) is 0. The minimum Gasteiger partial charge on any atom is -0.292 e. The van der Waals surface area contributed by atoms with Crippen molar-refractivity contribution < 1.29 is 0 Å². The lowest BCUT2D eigenvalue weighted by Gasteiger charge is -2.10. The first kappa shape index (κ1) is 21.4. The van der Waals surface area contributed by atoms with Crippen LogP contribution in [-0.2, 0) is 0 Å². The van der Waals surface area contributed by atoms with Crippen LogP contribution in [0.5, 0.6) is 0 Å². The first-order valence-corrected chi connectivity index (χ1v) is 14.6. The Kier molecular flexibility index (Phi) is 4.36. The Labute approximate surface area is 231 Å². The van der Waals surface area contributed by atoms with Gasteiger partial charge in [0.25, 0.3) is 0 Å². The van der Waals surface area contributed by atoms with E-state index >= 15 is 0 Å². The number of thiophene rings is 2. The summed E-state index contributed by atoms with van der Waals surface area (Å²) in [4.78, 5) is 10.4. The highest BCUT2D eigenvalue weighted by Crippen LogP contribution is 2.43. The van der Waals surface area contributed by atoms with E-state index in [1.54, 1.807) is 11.3 Å². The number of hydrogen-bond donors (Lipinski definition) is 0. The Hall–Kier alpha value is -4.58. The van der Waals surface area contributed by atoms with Gasteiger partial charge >= 0.3 is 0 Å². The maximum Gasteiger partial charge on any atom is 0.162 e. The molecule has 0 fully saturated rings.